The molecule has 0 spiro atoms. The van der Waals surface area contributed by atoms with E-state index in [9.17, 15) is 27.6 Å². The number of rotatable bonds is 12. The summed E-state index contributed by atoms with van der Waals surface area (Å²) in [5.41, 5.74) is -1.73. The highest BCUT2D eigenvalue weighted by Gasteiger charge is 2.34. The van der Waals surface area contributed by atoms with Crippen LogP contribution in [0.2, 0.25) is 0 Å². The summed E-state index contributed by atoms with van der Waals surface area (Å²) in [6.45, 7) is 2.59. The predicted octanol–water partition coefficient (Wildman–Crippen LogP) is 3.18. The van der Waals surface area contributed by atoms with Crippen molar-refractivity contribution in [3.05, 3.63) is 39.7 Å². The number of nitrogens with one attached hydrogen (secondary N) is 2. The molecule has 0 aliphatic carbocycles. The van der Waals surface area contributed by atoms with Crippen molar-refractivity contribution in [1.82, 2.24) is 10.6 Å². The number of hydrogen-bond acceptors (Lipinski definition) is 5. The molecule has 0 aliphatic rings. The fraction of sp³-hybridized carbons (Fsp3) is 0.476. The van der Waals surface area contributed by atoms with E-state index in [-0.39, 0.29) is 23.4 Å². The van der Waals surface area contributed by atoms with Crippen molar-refractivity contribution in [1.29, 1.82) is 0 Å². The second-order valence-corrected chi connectivity index (χ2v) is 6.90. The van der Waals surface area contributed by atoms with Gasteiger partial charge in [-0.2, -0.15) is 13.2 Å². The zero-order chi connectivity index (χ0) is 22.9. The summed E-state index contributed by atoms with van der Waals surface area (Å²) in [5.74, 6) is 0.119. The summed E-state index contributed by atoms with van der Waals surface area (Å²) >= 11 is 0. The smallest absolute Gasteiger partial charge is 0.417 e. The number of amides is 2. The quantitative estimate of drug-likeness (QED) is 0.299. The lowest BCUT2D eigenvalue weighted by molar-refractivity contribution is -0.136. The zero-order valence-corrected chi connectivity index (χ0v) is 17.1. The molecule has 170 valence electrons. The molecule has 1 aromatic heterocycles. The van der Waals surface area contributed by atoms with Crippen LogP contribution < -0.4 is 21.0 Å². The Morgan fingerprint density at radius 1 is 1.23 bits per heavy atom. The summed E-state index contributed by atoms with van der Waals surface area (Å²) in [6.07, 6.45) is -1.06. The highest BCUT2D eigenvalue weighted by molar-refractivity contribution is 5.85. The Morgan fingerprint density at radius 3 is 2.68 bits per heavy atom. The van der Waals surface area contributed by atoms with Gasteiger partial charge in [0, 0.05) is 23.6 Å². The van der Waals surface area contributed by atoms with Crippen molar-refractivity contribution in [3.8, 4) is 5.75 Å². The molecule has 0 aliphatic heterocycles. The number of hydrogen-bond donors (Lipinski definition) is 2. The van der Waals surface area contributed by atoms with Gasteiger partial charge in [0.25, 0.3) is 0 Å². The zero-order valence-electron chi connectivity index (χ0n) is 17.1. The van der Waals surface area contributed by atoms with Crippen molar-refractivity contribution in [2.75, 3.05) is 19.7 Å². The molecule has 0 unspecified atom stereocenters. The van der Waals surface area contributed by atoms with Gasteiger partial charge in [-0.15, -0.1) is 0 Å². The number of benzene rings is 1. The van der Waals surface area contributed by atoms with E-state index in [0.717, 1.165) is 6.42 Å². The Bertz CT molecular complexity index is 956. The van der Waals surface area contributed by atoms with Crippen molar-refractivity contribution in [3.63, 3.8) is 0 Å². The van der Waals surface area contributed by atoms with E-state index in [1.807, 2.05) is 6.92 Å². The van der Waals surface area contributed by atoms with Crippen LogP contribution in [0.15, 0.2) is 27.4 Å². The van der Waals surface area contributed by atoms with Crippen LogP contribution >= 0.6 is 0 Å². The van der Waals surface area contributed by atoms with Gasteiger partial charge in [0.15, 0.2) is 0 Å². The molecule has 1 heterocycles. The summed E-state index contributed by atoms with van der Waals surface area (Å²) in [4.78, 5) is 33.2. The largest absolute Gasteiger partial charge is 0.493 e. The summed E-state index contributed by atoms with van der Waals surface area (Å²) < 4.78 is 50.9. The lowest BCUT2D eigenvalue weighted by atomic mass is 10.0. The molecule has 10 heteroatoms. The number of unbranched alkanes of at least 4 members (excludes halogenated alkanes) is 2. The van der Waals surface area contributed by atoms with Crippen molar-refractivity contribution >= 4 is 23.3 Å². The topological polar surface area (TPSA) is 97.6 Å². The standard InChI is InChI=1S/C21H25F3N2O5/c1-2-6-15-17(30-10-5-3-4-9-26-18(28)12-25-13-27)8-7-14-16(21(22,23)24)11-19(29)31-20(14)15/h7-8,11,13H,2-6,9-10,12H2,1H3,(H,25,27)(H,26,28). The Balaban J connectivity index is 2.01. The number of aryl methyl sites for hydroxylation is 1. The molecule has 7 nitrogen and oxygen atoms in total. The maximum Gasteiger partial charge on any atom is 0.417 e. The molecule has 0 atom stereocenters. The van der Waals surface area contributed by atoms with Crippen LogP contribution in [0.5, 0.6) is 5.75 Å². The van der Waals surface area contributed by atoms with Gasteiger partial charge in [-0.3, -0.25) is 9.59 Å². The van der Waals surface area contributed by atoms with E-state index >= 15 is 0 Å². The Labute approximate surface area is 176 Å². The molecule has 2 N–H and O–H groups in total. The van der Waals surface area contributed by atoms with Gasteiger partial charge in [0.2, 0.25) is 12.3 Å². The average Bonchev–Trinajstić information content (AvgIpc) is 2.71. The molecule has 31 heavy (non-hydrogen) atoms. The van der Waals surface area contributed by atoms with Crippen LogP contribution in [0.4, 0.5) is 13.2 Å². The minimum Gasteiger partial charge on any atom is -0.493 e. The number of fused-ring (bicyclic) bond motifs is 1. The third-order valence-corrected chi connectivity index (χ3v) is 4.52. The first-order chi connectivity index (χ1) is 14.8. The first-order valence-corrected chi connectivity index (χ1v) is 10.0. The molecule has 2 rings (SSSR count). The lowest BCUT2D eigenvalue weighted by Crippen LogP contribution is -2.33. The predicted molar refractivity (Wildman–Crippen MR) is 108 cm³/mol. The highest BCUT2D eigenvalue weighted by Crippen LogP contribution is 2.37. The van der Waals surface area contributed by atoms with E-state index in [1.54, 1.807) is 0 Å². The normalized spacial score (nSPS) is 11.4. The molecule has 0 bridgehead atoms. The van der Waals surface area contributed by atoms with Crippen molar-refractivity contribution in [2.24, 2.45) is 0 Å². The maximum absolute atomic E-state index is 13.3. The SMILES string of the molecule is CCCc1c(OCCCCCNC(=O)CNC=O)ccc2c(C(F)(F)F)cc(=O)oc12. The van der Waals surface area contributed by atoms with E-state index in [4.69, 9.17) is 9.15 Å². The number of ether oxygens (including phenoxy) is 1. The number of alkyl halides is 3. The summed E-state index contributed by atoms with van der Waals surface area (Å²) in [7, 11) is 0. The first kappa shape index (κ1) is 24.2. The number of carbonyl (C=O) groups excluding carboxylic acids is 2. The second kappa shape index (κ2) is 11.4. The number of carbonyl (C=O) groups is 2. The van der Waals surface area contributed by atoms with Gasteiger partial charge in [0.1, 0.15) is 11.3 Å². The molecule has 2 amide bonds. The Hall–Kier alpha value is -3.04. The molecule has 0 fully saturated rings. The molecular weight excluding hydrogens is 417 g/mol. The van der Waals surface area contributed by atoms with Crippen LogP contribution in [-0.2, 0) is 22.2 Å². The summed E-state index contributed by atoms with van der Waals surface area (Å²) in [6, 6.07) is 3.20. The van der Waals surface area contributed by atoms with E-state index < -0.39 is 17.4 Å². The second-order valence-electron chi connectivity index (χ2n) is 6.90. The van der Waals surface area contributed by atoms with Crippen molar-refractivity contribution < 1.29 is 31.9 Å². The Morgan fingerprint density at radius 2 is 2.00 bits per heavy atom. The average molecular weight is 442 g/mol. The molecular formula is C21H25F3N2O5. The first-order valence-electron chi connectivity index (χ1n) is 10.0. The van der Waals surface area contributed by atoms with Crippen LogP contribution in [0, 0.1) is 0 Å². The molecule has 0 saturated heterocycles. The molecule has 2 aromatic rings. The maximum atomic E-state index is 13.3. The van der Waals surface area contributed by atoms with Gasteiger partial charge in [-0.1, -0.05) is 13.3 Å². The van der Waals surface area contributed by atoms with Crippen LogP contribution in [0.3, 0.4) is 0 Å². The lowest BCUT2D eigenvalue weighted by Gasteiger charge is -2.15. The third-order valence-electron chi connectivity index (χ3n) is 4.52. The van der Waals surface area contributed by atoms with E-state index in [0.29, 0.717) is 62.6 Å². The van der Waals surface area contributed by atoms with Crippen LogP contribution in [0.25, 0.3) is 11.0 Å². The highest BCUT2D eigenvalue weighted by atomic mass is 19.4. The van der Waals surface area contributed by atoms with Gasteiger partial charge >= 0.3 is 11.8 Å². The Kier molecular flexibility index (Phi) is 8.89. The van der Waals surface area contributed by atoms with E-state index in [2.05, 4.69) is 10.6 Å². The monoisotopic (exact) mass is 442 g/mol. The van der Waals surface area contributed by atoms with Crippen molar-refractivity contribution in [2.45, 2.75) is 45.2 Å². The summed E-state index contributed by atoms with van der Waals surface area (Å²) in [5, 5.41) is 4.76. The third kappa shape index (κ3) is 7.01. The van der Waals surface area contributed by atoms with Gasteiger partial charge in [-0.05, 0) is 37.8 Å². The van der Waals surface area contributed by atoms with Gasteiger partial charge < -0.3 is 19.8 Å². The van der Waals surface area contributed by atoms with Crippen LogP contribution in [0.1, 0.15) is 43.7 Å². The van der Waals surface area contributed by atoms with E-state index in [1.165, 1.54) is 12.1 Å². The minimum atomic E-state index is -4.67. The minimum absolute atomic E-state index is 0.0685. The van der Waals surface area contributed by atoms with Crippen LogP contribution in [-0.4, -0.2) is 32.0 Å². The molecule has 0 radical (unpaired) electrons. The van der Waals surface area contributed by atoms with Gasteiger partial charge in [-0.25, -0.2) is 4.79 Å². The fourth-order valence-electron chi connectivity index (χ4n) is 3.13. The molecule has 1 aromatic carbocycles. The molecule has 0 saturated carbocycles. The van der Waals surface area contributed by atoms with Gasteiger partial charge in [0.05, 0.1) is 18.7 Å². The number of halogens is 3. The fourth-order valence-corrected chi connectivity index (χ4v) is 3.13.